The molecule has 0 amide bonds. The van der Waals surface area contributed by atoms with Crippen molar-refractivity contribution in [2.45, 2.75) is 6.54 Å². The van der Waals surface area contributed by atoms with Gasteiger partial charge in [-0.05, 0) is 18.2 Å². The van der Waals surface area contributed by atoms with E-state index in [4.69, 9.17) is 16.9 Å². The fourth-order valence-electron chi connectivity index (χ4n) is 1.50. The molecule has 0 aliphatic rings. The Hall–Kier alpha value is -1.79. The van der Waals surface area contributed by atoms with Crippen LogP contribution in [-0.4, -0.2) is 4.57 Å². The number of benzene rings is 1. The summed E-state index contributed by atoms with van der Waals surface area (Å²) in [6, 6.07) is 8.55. The molecule has 1 heterocycles. The summed E-state index contributed by atoms with van der Waals surface area (Å²) < 4.78 is 1.72. The number of nitriles is 1. The standard InChI is InChI=1S/C11H7ClN2O/c12-8-1-2-10-9(7-8)11(15)3-5-14(10)6-4-13/h1-3,5,7H,6H2. The summed E-state index contributed by atoms with van der Waals surface area (Å²) in [5.74, 6) is 0. The van der Waals surface area contributed by atoms with Crippen LogP contribution < -0.4 is 5.43 Å². The van der Waals surface area contributed by atoms with Gasteiger partial charge in [-0.15, -0.1) is 0 Å². The molecule has 0 atom stereocenters. The van der Waals surface area contributed by atoms with Gasteiger partial charge in [-0.2, -0.15) is 5.26 Å². The van der Waals surface area contributed by atoms with E-state index < -0.39 is 0 Å². The van der Waals surface area contributed by atoms with Crippen molar-refractivity contribution in [2.75, 3.05) is 0 Å². The number of hydrogen-bond acceptors (Lipinski definition) is 2. The first-order chi connectivity index (χ1) is 7.22. The van der Waals surface area contributed by atoms with Gasteiger partial charge < -0.3 is 4.57 Å². The van der Waals surface area contributed by atoms with Crippen LogP contribution in [0.5, 0.6) is 0 Å². The van der Waals surface area contributed by atoms with E-state index in [1.165, 1.54) is 6.07 Å². The molecule has 4 heteroatoms. The number of aromatic nitrogens is 1. The average molecular weight is 219 g/mol. The van der Waals surface area contributed by atoms with Gasteiger partial charge in [0.1, 0.15) is 6.54 Å². The minimum absolute atomic E-state index is 0.0818. The minimum Gasteiger partial charge on any atom is -0.333 e. The zero-order valence-corrected chi connectivity index (χ0v) is 8.53. The molecule has 2 rings (SSSR count). The second kappa shape index (κ2) is 3.76. The number of hydrogen-bond donors (Lipinski definition) is 0. The van der Waals surface area contributed by atoms with E-state index in [2.05, 4.69) is 0 Å². The monoisotopic (exact) mass is 218 g/mol. The molecule has 3 nitrogen and oxygen atoms in total. The molecule has 15 heavy (non-hydrogen) atoms. The summed E-state index contributed by atoms with van der Waals surface area (Å²) in [4.78, 5) is 11.5. The highest BCUT2D eigenvalue weighted by molar-refractivity contribution is 6.31. The normalized spacial score (nSPS) is 10.1. The Morgan fingerprint density at radius 3 is 2.93 bits per heavy atom. The average Bonchev–Trinajstić information content (AvgIpc) is 2.23. The highest BCUT2D eigenvalue weighted by Crippen LogP contribution is 2.16. The van der Waals surface area contributed by atoms with E-state index in [9.17, 15) is 4.79 Å². The van der Waals surface area contributed by atoms with Gasteiger partial charge in [0.25, 0.3) is 0 Å². The summed E-state index contributed by atoms with van der Waals surface area (Å²) in [6.45, 7) is 0.221. The van der Waals surface area contributed by atoms with E-state index in [0.29, 0.717) is 10.4 Å². The van der Waals surface area contributed by atoms with Gasteiger partial charge in [-0.3, -0.25) is 4.79 Å². The van der Waals surface area contributed by atoms with Gasteiger partial charge >= 0.3 is 0 Å². The van der Waals surface area contributed by atoms with Crippen molar-refractivity contribution in [3.05, 3.63) is 45.7 Å². The maximum Gasteiger partial charge on any atom is 0.189 e. The van der Waals surface area contributed by atoms with E-state index in [0.717, 1.165) is 5.52 Å². The van der Waals surface area contributed by atoms with E-state index >= 15 is 0 Å². The smallest absolute Gasteiger partial charge is 0.189 e. The third-order valence-electron chi connectivity index (χ3n) is 2.18. The fourth-order valence-corrected chi connectivity index (χ4v) is 1.67. The number of halogens is 1. The topological polar surface area (TPSA) is 45.8 Å². The van der Waals surface area contributed by atoms with E-state index in [1.807, 2.05) is 6.07 Å². The molecular weight excluding hydrogens is 212 g/mol. The molecule has 1 aromatic carbocycles. The molecule has 0 N–H and O–H groups in total. The number of pyridine rings is 1. The maximum absolute atomic E-state index is 11.5. The second-order valence-electron chi connectivity index (χ2n) is 3.13. The van der Waals surface area contributed by atoms with Crippen LogP contribution in [0, 0.1) is 11.3 Å². The Labute approximate surface area is 91.1 Å². The molecule has 0 fully saturated rings. The van der Waals surface area contributed by atoms with Crippen molar-refractivity contribution >= 4 is 22.5 Å². The van der Waals surface area contributed by atoms with Gasteiger partial charge in [0, 0.05) is 22.7 Å². The van der Waals surface area contributed by atoms with Gasteiger partial charge in [-0.25, -0.2) is 0 Å². The first-order valence-electron chi connectivity index (χ1n) is 4.38. The van der Waals surface area contributed by atoms with Gasteiger partial charge in [0.05, 0.1) is 11.6 Å². The third kappa shape index (κ3) is 1.72. The Morgan fingerprint density at radius 2 is 2.20 bits per heavy atom. The van der Waals surface area contributed by atoms with E-state index in [1.54, 1.807) is 29.0 Å². The predicted molar refractivity (Wildman–Crippen MR) is 58.8 cm³/mol. The molecule has 74 valence electrons. The Morgan fingerprint density at radius 1 is 1.40 bits per heavy atom. The van der Waals surface area contributed by atoms with Crippen LogP contribution >= 0.6 is 11.6 Å². The lowest BCUT2D eigenvalue weighted by atomic mass is 10.2. The van der Waals surface area contributed by atoms with Crippen molar-refractivity contribution in [1.82, 2.24) is 4.57 Å². The van der Waals surface area contributed by atoms with Crippen molar-refractivity contribution in [2.24, 2.45) is 0 Å². The SMILES string of the molecule is N#CCn1ccc(=O)c2cc(Cl)ccc21. The van der Waals surface area contributed by atoms with Crippen molar-refractivity contribution in [1.29, 1.82) is 5.26 Å². The lowest BCUT2D eigenvalue weighted by Gasteiger charge is -2.06. The zero-order valence-electron chi connectivity index (χ0n) is 7.77. The lowest BCUT2D eigenvalue weighted by Crippen LogP contribution is -2.07. The van der Waals surface area contributed by atoms with Gasteiger partial charge in [-0.1, -0.05) is 11.6 Å². The Balaban J connectivity index is 2.84. The van der Waals surface area contributed by atoms with Crippen LogP contribution in [0.4, 0.5) is 0 Å². The molecule has 0 bridgehead atoms. The van der Waals surface area contributed by atoms with Crippen LogP contribution in [-0.2, 0) is 6.54 Å². The largest absolute Gasteiger partial charge is 0.333 e. The quantitative estimate of drug-likeness (QED) is 0.737. The summed E-state index contributed by atoms with van der Waals surface area (Å²) in [6.07, 6.45) is 1.61. The number of nitrogens with zero attached hydrogens (tertiary/aromatic N) is 2. The molecular formula is C11H7ClN2O. The minimum atomic E-state index is -0.0818. The summed E-state index contributed by atoms with van der Waals surface area (Å²) in [5.41, 5.74) is 0.648. The Kier molecular flexibility index (Phi) is 2.44. The van der Waals surface area contributed by atoms with Crippen LogP contribution in [0.25, 0.3) is 10.9 Å². The van der Waals surface area contributed by atoms with Crippen molar-refractivity contribution in [3.8, 4) is 6.07 Å². The highest BCUT2D eigenvalue weighted by Gasteiger charge is 2.02. The number of fused-ring (bicyclic) bond motifs is 1. The van der Waals surface area contributed by atoms with Crippen LogP contribution in [0.2, 0.25) is 5.02 Å². The molecule has 0 saturated carbocycles. The molecule has 0 saturated heterocycles. The summed E-state index contributed by atoms with van der Waals surface area (Å²) in [5, 5.41) is 9.69. The second-order valence-corrected chi connectivity index (χ2v) is 3.56. The predicted octanol–water partition coefficient (Wildman–Crippen LogP) is 2.18. The van der Waals surface area contributed by atoms with Crippen LogP contribution in [0.15, 0.2) is 35.3 Å². The summed E-state index contributed by atoms with van der Waals surface area (Å²) >= 11 is 5.81. The summed E-state index contributed by atoms with van der Waals surface area (Å²) in [7, 11) is 0. The first kappa shape index (κ1) is 9.75. The molecule has 2 aromatic rings. The zero-order chi connectivity index (χ0) is 10.8. The van der Waals surface area contributed by atoms with E-state index in [-0.39, 0.29) is 12.0 Å². The molecule has 0 spiro atoms. The maximum atomic E-state index is 11.5. The van der Waals surface area contributed by atoms with Crippen molar-refractivity contribution in [3.63, 3.8) is 0 Å². The molecule has 0 aliphatic carbocycles. The highest BCUT2D eigenvalue weighted by atomic mass is 35.5. The molecule has 0 unspecified atom stereocenters. The first-order valence-corrected chi connectivity index (χ1v) is 4.76. The Bertz CT molecular complexity index is 610. The third-order valence-corrected chi connectivity index (χ3v) is 2.42. The lowest BCUT2D eigenvalue weighted by molar-refractivity contribution is 0.861. The number of rotatable bonds is 1. The van der Waals surface area contributed by atoms with Gasteiger partial charge in [0.2, 0.25) is 0 Å². The van der Waals surface area contributed by atoms with Crippen molar-refractivity contribution < 1.29 is 0 Å². The van der Waals surface area contributed by atoms with Gasteiger partial charge in [0.15, 0.2) is 5.43 Å². The van der Waals surface area contributed by atoms with Crippen LogP contribution in [0.1, 0.15) is 0 Å². The molecule has 1 aromatic heterocycles. The molecule has 0 radical (unpaired) electrons. The molecule has 0 aliphatic heterocycles. The van der Waals surface area contributed by atoms with Crippen LogP contribution in [0.3, 0.4) is 0 Å². The fraction of sp³-hybridized carbons (Fsp3) is 0.0909.